The number of anilines is 2. The number of imide groups is 1. The Bertz CT molecular complexity index is 538. The topological polar surface area (TPSA) is 104 Å². The van der Waals surface area contributed by atoms with Gasteiger partial charge < -0.3 is 10.6 Å². The minimum Gasteiger partial charge on any atom is -0.341 e. The van der Waals surface area contributed by atoms with Crippen LogP contribution in [0.3, 0.4) is 0 Å². The Hall–Kier alpha value is -2.22. The first-order chi connectivity index (χ1) is 10.1. The monoisotopic (exact) mass is 290 g/mol. The van der Waals surface area contributed by atoms with Gasteiger partial charge in [-0.25, -0.2) is 14.8 Å². The summed E-state index contributed by atoms with van der Waals surface area (Å²) in [5, 5.41) is 2.28. The van der Waals surface area contributed by atoms with Crippen molar-refractivity contribution in [1.82, 2.24) is 15.3 Å². The molecule has 3 heterocycles. The molecule has 3 amide bonds. The highest BCUT2D eigenvalue weighted by Crippen LogP contribution is 2.19. The number of piperidine rings is 1. The molecule has 0 bridgehead atoms. The highest BCUT2D eigenvalue weighted by atomic mass is 16.2. The quantitative estimate of drug-likeness (QED) is 0.785. The lowest BCUT2D eigenvalue weighted by Gasteiger charge is -2.30. The molecule has 21 heavy (non-hydrogen) atoms. The van der Waals surface area contributed by atoms with Crippen molar-refractivity contribution in [3.05, 3.63) is 12.4 Å². The summed E-state index contributed by atoms with van der Waals surface area (Å²) in [6, 6.07) is -0.165. The molecule has 0 radical (unpaired) electrons. The van der Waals surface area contributed by atoms with Crippen molar-refractivity contribution in [3.63, 3.8) is 0 Å². The van der Waals surface area contributed by atoms with E-state index in [0.29, 0.717) is 18.2 Å². The molecule has 112 valence electrons. The average Bonchev–Trinajstić information content (AvgIpc) is 2.48. The third-order valence-corrected chi connectivity index (χ3v) is 3.81. The second kappa shape index (κ2) is 5.65. The Balaban J connectivity index is 1.69. The van der Waals surface area contributed by atoms with E-state index in [1.54, 1.807) is 12.4 Å². The van der Waals surface area contributed by atoms with Crippen LogP contribution in [0.4, 0.5) is 16.4 Å². The molecule has 3 rings (SSSR count). The zero-order valence-electron chi connectivity index (χ0n) is 11.7. The number of nitrogens with zero attached hydrogens (tertiary/aromatic N) is 4. The molecular weight excluding hydrogens is 272 g/mol. The first-order valence-corrected chi connectivity index (χ1v) is 7.07. The minimum atomic E-state index is -0.424. The number of carbonyl (C=O) groups excluding carboxylic acids is 2. The summed E-state index contributed by atoms with van der Waals surface area (Å²) in [7, 11) is 0. The van der Waals surface area contributed by atoms with Crippen LogP contribution < -0.4 is 20.9 Å². The fraction of sp³-hybridized carbons (Fsp3) is 0.538. The zero-order chi connectivity index (χ0) is 14.8. The molecule has 2 aliphatic heterocycles. The maximum Gasteiger partial charge on any atom is 0.328 e. The average molecular weight is 290 g/mol. The molecule has 2 saturated heterocycles. The van der Waals surface area contributed by atoms with Crippen molar-refractivity contribution in [2.24, 2.45) is 5.73 Å². The fourth-order valence-corrected chi connectivity index (χ4v) is 2.53. The SMILES string of the molecule is NC1CCN(c2ncc(N3CCC(=O)NC3=O)cn2)CC1. The zero-order valence-corrected chi connectivity index (χ0v) is 11.7. The lowest BCUT2D eigenvalue weighted by atomic mass is 10.1. The van der Waals surface area contributed by atoms with Crippen LogP contribution in [0.5, 0.6) is 0 Å². The number of rotatable bonds is 2. The highest BCUT2D eigenvalue weighted by molar-refractivity contribution is 6.05. The number of urea groups is 1. The van der Waals surface area contributed by atoms with Gasteiger partial charge in [-0.3, -0.25) is 15.0 Å². The van der Waals surface area contributed by atoms with Crippen molar-refractivity contribution >= 4 is 23.6 Å². The lowest BCUT2D eigenvalue weighted by Crippen LogP contribution is -2.49. The maximum absolute atomic E-state index is 11.7. The van der Waals surface area contributed by atoms with Gasteiger partial charge in [0.1, 0.15) is 0 Å². The van der Waals surface area contributed by atoms with Gasteiger partial charge in [0.15, 0.2) is 0 Å². The summed E-state index contributed by atoms with van der Waals surface area (Å²) < 4.78 is 0. The summed E-state index contributed by atoms with van der Waals surface area (Å²) in [5.41, 5.74) is 6.47. The number of nitrogens with two attached hydrogens (primary N) is 1. The van der Waals surface area contributed by atoms with Crippen LogP contribution in [0.2, 0.25) is 0 Å². The van der Waals surface area contributed by atoms with Crippen LogP contribution in [-0.4, -0.2) is 47.6 Å². The molecule has 0 saturated carbocycles. The Morgan fingerprint density at radius 2 is 1.81 bits per heavy atom. The van der Waals surface area contributed by atoms with Crippen molar-refractivity contribution in [2.45, 2.75) is 25.3 Å². The summed E-state index contributed by atoms with van der Waals surface area (Å²) in [6.45, 7) is 2.05. The number of nitrogens with one attached hydrogen (secondary N) is 1. The van der Waals surface area contributed by atoms with E-state index in [1.807, 2.05) is 0 Å². The van der Waals surface area contributed by atoms with Gasteiger partial charge in [0.2, 0.25) is 11.9 Å². The lowest BCUT2D eigenvalue weighted by molar-refractivity contribution is -0.120. The van der Waals surface area contributed by atoms with Crippen LogP contribution >= 0.6 is 0 Å². The molecule has 3 N–H and O–H groups in total. The van der Waals surface area contributed by atoms with Gasteiger partial charge in [-0.2, -0.15) is 0 Å². The van der Waals surface area contributed by atoms with Gasteiger partial charge >= 0.3 is 6.03 Å². The standard InChI is InChI=1S/C13H18N6O2/c14-9-1-4-18(5-2-9)12-15-7-10(8-16-12)19-6-3-11(20)17-13(19)21/h7-9H,1-6,14H2,(H,17,20,21). The van der Waals surface area contributed by atoms with Gasteiger partial charge in [-0.05, 0) is 12.8 Å². The Kier molecular flexibility index (Phi) is 3.70. The number of carbonyl (C=O) groups is 2. The third kappa shape index (κ3) is 2.94. The predicted molar refractivity (Wildman–Crippen MR) is 77.0 cm³/mol. The van der Waals surface area contributed by atoms with E-state index >= 15 is 0 Å². The molecule has 0 aliphatic carbocycles. The number of hydrogen-bond acceptors (Lipinski definition) is 6. The Labute approximate surface area is 122 Å². The van der Waals surface area contributed by atoms with Crippen molar-refractivity contribution in [3.8, 4) is 0 Å². The highest BCUT2D eigenvalue weighted by Gasteiger charge is 2.25. The van der Waals surface area contributed by atoms with Crippen LogP contribution in [-0.2, 0) is 4.79 Å². The normalized spacial score (nSPS) is 20.6. The Morgan fingerprint density at radius 3 is 2.43 bits per heavy atom. The molecule has 1 aromatic heterocycles. The van der Waals surface area contributed by atoms with Crippen molar-refractivity contribution < 1.29 is 9.59 Å². The van der Waals surface area contributed by atoms with Crippen LogP contribution in [0.1, 0.15) is 19.3 Å². The number of hydrogen-bond donors (Lipinski definition) is 2. The smallest absolute Gasteiger partial charge is 0.328 e. The van der Waals surface area contributed by atoms with Crippen LogP contribution in [0.15, 0.2) is 12.4 Å². The molecule has 1 aromatic rings. The van der Waals surface area contributed by atoms with Gasteiger partial charge in [0.25, 0.3) is 0 Å². The summed E-state index contributed by atoms with van der Waals surface area (Å²) in [6.07, 6.45) is 5.39. The molecule has 8 nitrogen and oxygen atoms in total. The van der Waals surface area contributed by atoms with Crippen molar-refractivity contribution in [2.75, 3.05) is 29.4 Å². The number of amides is 3. The predicted octanol–water partition coefficient (Wildman–Crippen LogP) is -0.150. The van der Waals surface area contributed by atoms with E-state index in [1.165, 1.54) is 4.90 Å². The molecule has 0 aromatic carbocycles. The van der Waals surface area contributed by atoms with Gasteiger partial charge in [-0.15, -0.1) is 0 Å². The van der Waals surface area contributed by atoms with E-state index in [-0.39, 0.29) is 18.4 Å². The van der Waals surface area contributed by atoms with Gasteiger partial charge in [-0.1, -0.05) is 0 Å². The Morgan fingerprint density at radius 1 is 1.14 bits per heavy atom. The summed E-state index contributed by atoms with van der Waals surface area (Å²) in [4.78, 5) is 35.1. The fourth-order valence-electron chi connectivity index (χ4n) is 2.53. The third-order valence-electron chi connectivity index (χ3n) is 3.81. The van der Waals surface area contributed by atoms with Crippen LogP contribution in [0, 0.1) is 0 Å². The van der Waals surface area contributed by atoms with Crippen LogP contribution in [0.25, 0.3) is 0 Å². The molecule has 2 fully saturated rings. The minimum absolute atomic E-state index is 0.251. The van der Waals surface area contributed by atoms with Crippen molar-refractivity contribution in [1.29, 1.82) is 0 Å². The molecule has 8 heteroatoms. The summed E-state index contributed by atoms with van der Waals surface area (Å²) in [5.74, 6) is 0.401. The van der Waals surface area contributed by atoms with Gasteiger partial charge in [0.05, 0.1) is 18.1 Å². The molecule has 2 aliphatic rings. The molecule has 0 spiro atoms. The molecule has 0 atom stereocenters. The molecular formula is C13H18N6O2. The first kappa shape index (κ1) is 13.7. The molecule has 0 unspecified atom stereocenters. The first-order valence-electron chi connectivity index (χ1n) is 7.07. The van der Waals surface area contributed by atoms with E-state index in [2.05, 4.69) is 20.2 Å². The second-order valence-electron chi connectivity index (χ2n) is 5.32. The van der Waals surface area contributed by atoms with E-state index in [9.17, 15) is 9.59 Å². The second-order valence-corrected chi connectivity index (χ2v) is 5.32. The van der Waals surface area contributed by atoms with E-state index in [4.69, 9.17) is 5.73 Å². The van der Waals surface area contributed by atoms with E-state index in [0.717, 1.165) is 25.9 Å². The number of aromatic nitrogens is 2. The summed E-state index contributed by atoms with van der Waals surface area (Å²) >= 11 is 0. The van der Waals surface area contributed by atoms with E-state index < -0.39 is 6.03 Å². The maximum atomic E-state index is 11.7. The largest absolute Gasteiger partial charge is 0.341 e. The van der Waals surface area contributed by atoms with Gasteiger partial charge in [0, 0.05) is 32.1 Å².